The number of oxazole rings is 1. The van der Waals surface area contributed by atoms with Crippen molar-refractivity contribution < 1.29 is 28.5 Å². The number of hydrogen-bond donors (Lipinski definition) is 2. The fourth-order valence-electron chi connectivity index (χ4n) is 4.21. The van der Waals surface area contributed by atoms with Gasteiger partial charge in [0.15, 0.2) is 17.5 Å². The van der Waals surface area contributed by atoms with Crippen molar-refractivity contribution >= 4 is 34.9 Å². The van der Waals surface area contributed by atoms with Crippen molar-refractivity contribution in [1.82, 2.24) is 4.57 Å². The van der Waals surface area contributed by atoms with E-state index < -0.39 is 24.0 Å². The number of aliphatic hydroxyl groups is 1. The van der Waals surface area contributed by atoms with Crippen molar-refractivity contribution in [3.05, 3.63) is 52.9 Å². The average molecular weight is 445 g/mol. The third-order valence-corrected chi connectivity index (χ3v) is 5.84. The van der Waals surface area contributed by atoms with E-state index in [1.807, 2.05) is 24.3 Å². The van der Waals surface area contributed by atoms with E-state index in [9.17, 15) is 9.90 Å². The van der Waals surface area contributed by atoms with E-state index >= 15 is 0 Å². The number of aromatic nitrogens is 1. The fourth-order valence-corrected chi connectivity index (χ4v) is 4.52. The van der Waals surface area contributed by atoms with Gasteiger partial charge in [-0.05, 0) is 49.5 Å². The van der Waals surface area contributed by atoms with Crippen LogP contribution in [0.4, 0.5) is 5.69 Å². The lowest BCUT2D eigenvalue weighted by Gasteiger charge is -2.46. The Bertz CT molecular complexity index is 1180. The molecule has 3 aromatic rings. The molecule has 1 aliphatic heterocycles. The van der Waals surface area contributed by atoms with Gasteiger partial charge in [0.25, 0.3) is 4.84 Å². The highest BCUT2D eigenvalue weighted by Crippen LogP contribution is 2.46. The maximum Gasteiger partial charge on any atom is 0.270 e. The minimum absolute atomic E-state index is 0.205. The molecule has 0 bridgehead atoms. The molecule has 8 nitrogen and oxygen atoms in total. The molecule has 9 heteroatoms. The predicted molar refractivity (Wildman–Crippen MR) is 117 cm³/mol. The minimum Gasteiger partial charge on any atom is -0.479 e. The number of nitrogens with zero attached hydrogens (tertiary/aromatic N) is 1. The number of fused-ring (bicyclic) bond motifs is 2. The van der Waals surface area contributed by atoms with Gasteiger partial charge in [0.05, 0.1) is 11.6 Å². The van der Waals surface area contributed by atoms with Crippen LogP contribution in [0, 0.1) is 4.84 Å². The van der Waals surface area contributed by atoms with E-state index in [1.54, 1.807) is 29.7 Å². The van der Waals surface area contributed by atoms with Crippen LogP contribution in [0.2, 0.25) is 0 Å². The summed E-state index contributed by atoms with van der Waals surface area (Å²) in [4.78, 5) is 11.8. The number of aliphatic hydroxyl groups excluding tert-OH is 1. The standard InChI is InChI=1S/C22H24N2O6S/c1-12(25)23-13-9-10-16-14(11-13)18(19(26)22(2,30-16)20(27-3)28-4)24-15-7-5-6-8-17(15)29-21(24)31/h5-11,18-20,26H,1-4H3,(H,23,25)/t18-,19+,22+/m0/s1. The number of para-hydroxylation sites is 2. The molecular weight excluding hydrogens is 420 g/mol. The first-order chi connectivity index (χ1) is 14.8. The smallest absolute Gasteiger partial charge is 0.270 e. The SMILES string of the molecule is COC(OC)[C@]1(C)Oc2ccc(NC(C)=O)cc2[C@H](n2c(=S)oc3ccccc32)[C@H]1O. The molecule has 0 saturated carbocycles. The zero-order chi connectivity index (χ0) is 22.3. The summed E-state index contributed by atoms with van der Waals surface area (Å²) < 4.78 is 24.7. The highest BCUT2D eigenvalue weighted by molar-refractivity contribution is 7.71. The van der Waals surface area contributed by atoms with Gasteiger partial charge in [0, 0.05) is 32.4 Å². The van der Waals surface area contributed by atoms with Crippen LogP contribution in [-0.4, -0.2) is 47.8 Å². The molecule has 31 heavy (non-hydrogen) atoms. The second-order valence-corrected chi connectivity index (χ2v) is 7.97. The molecule has 2 aromatic carbocycles. The molecule has 0 aliphatic carbocycles. The third kappa shape index (κ3) is 3.53. The number of hydrogen-bond acceptors (Lipinski definition) is 7. The van der Waals surface area contributed by atoms with Crippen molar-refractivity contribution in [3.63, 3.8) is 0 Å². The van der Waals surface area contributed by atoms with E-state index in [4.69, 9.17) is 30.8 Å². The average Bonchev–Trinajstić information content (AvgIpc) is 3.05. The monoisotopic (exact) mass is 444 g/mol. The number of amides is 1. The van der Waals surface area contributed by atoms with Crippen molar-refractivity contribution in [2.45, 2.75) is 37.9 Å². The van der Waals surface area contributed by atoms with Gasteiger partial charge in [-0.1, -0.05) is 12.1 Å². The van der Waals surface area contributed by atoms with E-state index in [2.05, 4.69) is 5.32 Å². The molecule has 1 amide bonds. The Morgan fingerprint density at radius 2 is 1.97 bits per heavy atom. The molecule has 0 saturated heterocycles. The Balaban J connectivity index is 1.97. The summed E-state index contributed by atoms with van der Waals surface area (Å²) in [6.07, 6.45) is -1.99. The van der Waals surface area contributed by atoms with Crippen LogP contribution in [0.3, 0.4) is 0 Å². The molecule has 4 rings (SSSR count). The Morgan fingerprint density at radius 1 is 1.26 bits per heavy atom. The summed E-state index contributed by atoms with van der Waals surface area (Å²) in [5.74, 6) is 0.306. The number of methoxy groups -OCH3 is 2. The van der Waals surface area contributed by atoms with Gasteiger partial charge in [-0.25, -0.2) is 0 Å². The number of anilines is 1. The number of rotatable bonds is 5. The summed E-state index contributed by atoms with van der Waals surface area (Å²) >= 11 is 5.53. The van der Waals surface area contributed by atoms with Gasteiger partial charge in [0.1, 0.15) is 11.9 Å². The second kappa shape index (κ2) is 8.08. The number of nitrogens with one attached hydrogen (secondary N) is 1. The van der Waals surface area contributed by atoms with Gasteiger partial charge in [-0.2, -0.15) is 0 Å². The Morgan fingerprint density at radius 3 is 2.65 bits per heavy atom. The second-order valence-electron chi connectivity index (χ2n) is 7.62. The number of carbonyl (C=O) groups is 1. The highest BCUT2D eigenvalue weighted by atomic mass is 32.1. The first kappa shape index (κ1) is 21.5. The lowest BCUT2D eigenvalue weighted by atomic mass is 9.84. The van der Waals surface area contributed by atoms with Gasteiger partial charge >= 0.3 is 0 Å². The van der Waals surface area contributed by atoms with E-state index in [0.29, 0.717) is 22.6 Å². The van der Waals surface area contributed by atoms with E-state index in [-0.39, 0.29) is 10.7 Å². The van der Waals surface area contributed by atoms with Gasteiger partial charge in [-0.15, -0.1) is 0 Å². The van der Waals surface area contributed by atoms with Crippen LogP contribution in [0.25, 0.3) is 11.1 Å². The third-order valence-electron chi connectivity index (χ3n) is 5.56. The van der Waals surface area contributed by atoms with Crippen molar-refractivity contribution in [2.24, 2.45) is 0 Å². The van der Waals surface area contributed by atoms with Crippen molar-refractivity contribution in [1.29, 1.82) is 0 Å². The lowest BCUT2D eigenvalue weighted by Crippen LogP contribution is -2.60. The molecule has 2 heterocycles. The molecule has 0 fully saturated rings. The van der Waals surface area contributed by atoms with Gasteiger partial charge < -0.3 is 29.1 Å². The number of ether oxygens (including phenoxy) is 3. The van der Waals surface area contributed by atoms with Crippen LogP contribution in [0.15, 0.2) is 46.9 Å². The molecule has 0 unspecified atom stereocenters. The Labute approximate surface area is 184 Å². The maximum absolute atomic E-state index is 11.6. The summed E-state index contributed by atoms with van der Waals surface area (Å²) in [5, 5.41) is 14.4. The first-order valence-electron chi connectivity index (χ1n) is 9.74. The summed E-state index contributed by atoms with van der Waals surface area (Å²) in [6.45, 7) is 3.15. The van der Waals surface area contributed by atoms with Crippen molar-refractivity contribution in [2.75, 3.05) is 19.5 Å². The summed E-state index contributed by atoms with van der Waals surface area (Å²) in [5.41, 5.74) is 1.28. The molecule has 164 valence electrons. The molecular formula is C22H24N2O6S. The quantitative estimate of drug-likeness (QED) is 0.458. The maximum atomic E-state index is 11.6. The normalized spacial score (nSPS) is 22.9. The van der Waals surface area contributed by atoms with Crippen LogP contribution < -0.4 is 10.1 Å². The van der Waals surface area contributed by atoms with Crippen LogP contribution >= 0.6 is 12.2 Å². The topological polar surface area (TPSA) is 95.1 Å². The van der Waals surface area contributed by atoms with Gasteiger partial charge in [-0.3, -0.25) is 9.36 Å². The van der Waals surface area contributed by atoms with Crippen molar-refractivity contribution in [3.8, 4) is 5.75 Å². The molecule has 0 radical (unpaired) electrons. The zero-order valence-electron chi connectivity index (χ0n) is 17.6. The van der Waals surface area contributed by atoms with Crippen LogP contribution in [0.5, 0.6) is 5.75 Å². The minimum atomic E-state index is -1.26. The first-order valence-corrected chi connectivity index (χ1v) is 10.1. The molecule has 1 aromatic heterocycles. The molecule has 0 spiro atoms. The van der Waals surface area contributed by atoms with Gasteiger partial charge in [0.2, 0.25) is 5.91 Å². The fraction of sp³-hybridized carbons (Fsp3) is 0.364. The highest BCUT2D eigenvalue weighted by Gasteiger charge is 2.53. The predicted octanol–water partition coefficient (Wildman–Crippen LogP) is 3.64. The number of carbonyl (C=O) groups excluding carboxylic acids is 1. The van der Waals surface area contributed by atoms with E-state index in [1.165, 1.54) is 21.1 Å². The molecule has 1 aliphatic rings. The Kier molecular flexibility index (Phi) is 5.61. The molecule has 2 N–H and O–H groups in total. The zero-order valence-corrected chi connectivity index (χ0v) is 18.4. The van der Waals surface area contributed by atoms with E-state index in [0.717, 1.165) is 5.52 Å². The van der Waals surface area contributed by atoms with Crippen LogP contribution in [-0.2, 0) is 14.3 Å². The summed E-state index contributed by atoms with van der Waals surface area (Å²) in [6, 6.07) is 12.0. The Hall–Kier alpha value is -2.72. The largest absolute Gasteiger partial charge is 0.479 e. The lowest BCUT2D eigenvalue weighted by molar-refractivity contribution is -0.238. The molecule has 3 atom stereocenters. The summed E-state index contributed by atoms with van der Waals surface area (Å²) in [7, 11) is 2.97. The number of benzene rings is 2. The van der Waals surface area contributed by atoms with Crippen LogP contribution in [0.1, 0.15) is 25.5 Å².